The van der Waals surface area contributed by atoms with Crippen LogP contribution in [0.15, 0.2) is 60.8 Å². The van der Waals surface area contributed by atoms with E-state index in [4.69, 9.17) is 52.1 Å². The van der Waals surface area contributed by atoms with Gasteiger partial charge in [-0.3, -0.25) is 4.79 Å². The van der Waals surface area contributed by atoms with E-state index in [0.29, 0.717) is 58.1 Å². The van der Waals surface area contributed by atoms with Gasteiger partial charge in [-0.1, -0.05) is 53.2 Å². The predicted octanol–water partition coefficient (Wildman–Crippen LogP) is 7.34. The number of hydrogen-bond acceptors (Lipinski definition) is 20. The summed E-state index contributed by atoms with van der Waals surface area (Å²) in [4.78, 5) is 68.7. The SMILES string of the molecule is C=C(C)C(=O)OC1(C)COC(C)(O)C1.C=C(C)C(=O)OC1C(C)(C)COC1(C)C.C=C(C)C(=O)OC1C2CC3C(O)OC1C3C2.C=C(C)C(=O)OC1C2CC3C1OC(C)(OC(C)=O)C3C2.C=C(C)C(=O)OC1C2CCCC2OC1(C)O. The summed E-state index contributed by atoms with van der Waals surface area (Å²) in [5, 5.41) is 29.3. The Morgan fingerprint density at radius 1 is 0.543 bits per heavy atom. The van der Waals surface area contributed by atoms with Crippen LogP contribution in [0.4, 0.5) is 0 Å². The number of esters is 6. The summed E-state index contributed by atoms with van der Waals surface area (Å²) in [5.74, 6) is -3.80. The molecule has 20 nitrogen and oxygen atoms in total. The highest BCUT2D eigenvalue weighted by Crippen LogP contribution is 2.61. The van der Waals surface area contributed by atoms with Crippen molar-refractivity contribution in [3.05, 3.63) is 60.8 Å². The van der Waals surface area contributed by atoms with E-state index < -0.39 is 52.9 Å². The fourth-order valence-corrected chi connectivity index (χ4v) is 13.7. The van der Waals surface area contributed by atoms with Gasteiger partial charge in [0.1, 0.15) is 41.7 Å². The smallest absolute Gasteiger partial charge is 0.333 e. The summed E-state index contributed by atoms with van der Waals surface area (Å²) in [5.41, 5.74) is 0.606. The third-order valence-corrected chi connectivity index (χ3v) is 17.2. The first-order chi connectivity index (χ1) is 37.2. The number of aliphatic hydroxyl groups excluding tert-OH is 1. The topological polar surface area (TPSA) is 265 Å². The minimum Gasteiger partial charge on any atom is -0.456 e. The summed E-state index contributed by atoms with van der Waals surface area (Å²) in [6.07, 6.45) is 4.89. The highest BCUT2D eigenvalue weighted by Gasteiger charge is 2.68. The zero-order chi connectivity index (χ0) is 60.9. The van der Waals surface area contributed by atoms with Crippen LogP contribution in [0.5, 0.6) is 0 Å². The first kappa shape index (κ1) is 65.4. The molecule has 454 valence electrons. The Morgan fingerprint density at radius 2 is 1.05 bits per heavy atom. The van der Waals surface area contributed by atoms with Crippen molar-refractivity contribution in [1.82, 2.24) is 0 Å². The third kappa shape index (κ3) is 14.8. The zero-order valence-electron chi connectivity index (χ0n) is 50.0. The maximum atomic E-state index is 11.7. The van der Waals surface area contributed by atoms with Crippen LogP contribution in [0, 0.1) is 46.8 Å². The van der Waals surface area contributed by atoms with Crippen LogP contribution in [0.3, 0.4) is 0 Å². The highest BCUT2D eigenvalue weighted by atomic mass is 16.7. The number of ether oxygens (including phenoxy) is 11. The number of aliphatic hydroxyl groups is 3. The molecule has 81 heavy (non-hydrogen) atoms. The van der Waals surface area contributed by atoms with Gasteiger partial charge in [0.05, 0.1) is 19.3 Å². The van der Waals surface area contributed by atoms with Crippen LogP contribution in [0.2, 0.25) is 0 Å². The average Bonchev–Trinajstić information content (AvgIpc) is 3.68. The summed E-state index contributed by atoms with van der Waals surface area (Å²) in [6.45, 7) is 42.7. The number of rotatable bonds is 11. The van der Waals surface area contributed by atoms with E-state index in [0.717, 1.165) is 44.9 Å². The second-order valence-electron chi connectivity index (χ2n) is 26.2. The summed E-state index contributed by atoms with van der Waals surface area (Å²) in [6, 6.07) is 0. The molecule has 19 unspecified atom stereocenters. The molecule has 0 radical (unpaired) electrons. The molecule has 20 heteroatoms. The number of fused-ring (bicyclic) bond motifs is 3. The van der Waals surface area contributed by atoms with Crippen LogP contribution in [-0.4, -0.2) is 142 Å². The first-order valence-corrected chi connectivity index (χ1v) is 28.2. The van der Waals surface area contributed by atoms with Gasteiger partial charge in [0.25, 0.3) is 0 Å². The summed E-state index contributed by atoms with van der Waals surface area (Å²) < 4.78 is 59.9. The molecule has 0 aromatic heterocycles. The fourth-order valence-electron chi connectivity index (χ4n) is 13.7. The fraction of sp³-hybridized carbons (Fsp3) is 0.738. The molecule has 0 spiro atoms. The van der Waals surface area contributed by atoms with Crippen molar-refractivity contribution in [3.63, 3.8) is 0 Å². The largest absolute Gasteiger partial charge is 0.456 e. The van der Waals surface area contributed by atoms with Crippen molar-refractivity contribution in [2.75, 3.05) is 13.2 Å². The van der Waals surface area contributed by atoms with Crippen molar-refractivity contribution >= 4 is 35.8 Å². The Balaban J connectivity index is 0.000000164. The Morgan fingerprint density at radius 3 is 1.56 bits per heavy atom. The highest BCUT2D eigenvalue weighted by molar-refractivity contribution is 5.89. The minimum atomic E-state index is -1.36. The van der Waals surface area contributed by atoms with Crippen molar-refractivity contribution in [1.29, 1.82) is 0 Å². The van der Waals surface area contributed by atoms with Gasteiger partial charge in [0, 0.05) is 71.3 Å². The molecule has 19 atom stereocenters. The molecule has 5 heterocycles. The number of hydrogen-bond donors (Lipinski definition) is 3. The quantitative estimate of drug-likeness (QED) is 0.104. The lowest BCUT2D eigenvalue weighted by atomic mass is 9.82. The monoisotopic (exact) mass is 1140 g/mol. The first-order valence-electron chi connectivity index (χ1n) is 28.2. The van der Waals surface area contributed by atoms with Crippen molar-refractivity contribution < 1.29 is 96.2 Å². The van der Waals surface area contributed by atoms with Gasteiger partial charge in [-0.05, 0) is 131 Å². The van der Waals surface area contributed by atoms with E-state index in [1.807, 2.05) is 34.6 Å². The van der Waals surface area contributed by atoms with Gasteiger partial charge in [-0.15, -0.1) is 0 Å². The molecule has 10 aliphatic rings. The van der Waals surface area contributed by atoms with Gasteiger partial charge >= 0.3 is 35.8 Å². The lowest BCUT2D eigenvalue weighted by Gasteiger charge is -2.32. The Labute approximate surface area is 477 Å². The second kappa shape index (κ2) is 24.4. The molecule has 4 bridgehead atoms. The molecule has 10 fully saturated rings. The lowest BCUT2D eigenvalue weighted by molar-refractivity contribution is -0.230. The van der Waals surface area contributed by atoms with Gasteiger partial charge in [0.15, 0.2) is 18.2 Å². The Kier molecular flexibility index (Phi) is 19.7. The van der Waals surface area contributed by atoms with Gasteiger partial charge in [-0.25, -0.2) is 24.0 Å². The third-order valence-electron chi connectivity index (χ3n) is 17.2. The van der Waals surface area contributed by atoms with Gasteiger partial charge in [0.2, 0.25) is 11.6 Å². The minimum absolute atomic E-state index is 0.0259. The summed E-state index contributed by atoms with van der Waals surface area (Å²) >= 11 is 0. The maximum absolute atomic E-state index is 11.7. The van der Waals surface area contributed by atoms with Gasteiger partial charge in [-0.2, -0.15) is 0 Å². The predicted molar refractivity (Wildman–Crippen MR) is 291 cm³/mol. The molecule has 3 N–H and O–H groups in total. The van der Waals surface area contributed by atoms with Crippen molar-refractivity contribution in [3.8, 4) is 0 Å². The van der Waals surface area contributed by atoms with E-state index in [-0.39, 0.29) is 96.7 Å². The van der Waals surface area contributed by atoms with E-state index in [2.05, 4.69) is 32.9 Å². The molecule has 0 aromatic carbocycles. The number of carbonyl (C=O) groups is 6. The van der Waals surface area contributed by atoms with Crippen LogP contribution < -0.4 is 0 Å². The Bertz CT molecular complexity index is 2470. The van der Waals surface area contributed by atoms with Crippen molar-refractivity contribution in [2.45, 2.75) is 226 Å². The summed E-state index contributed by atoms with van der Waals surface area (Å²) in [7, 11) is 0. The molecular formula is C61H90O20. The van der Waals surface area contributed by atoms with Crippen LogP contribution >= 0.6 is 0 Å². The molecule has 5 aliphatic carbocycles. The van der Waals surface area contributed by atoms with Gasteiger partial charge < -0.3 is 67.4 Å². The Hall–Kier alpha value is -4.80. The van der Waals surface area contributed by atoms with E-state index in [1.54, 1.807) is 55.4 Å². The van der Waals surface area contributed by atoms with E-state index in [1.165, 1.54) is 6.92 Å². The van der Waals surface area contributed by atoms with Crippen LogP contribution in [0.25, 0.3) is 0 Å². The molecule has 0 aromatic rings. The van der Waals surface area contributed by atoms with E-state index in [9.17, 15) is 44.1 Å². The zero-order valence-corrected chi connectivity index (χ0v) is 50.0. The average molecular weight is 1140 g/mol. The molecule has 5 aliphatic heterocycles. The maximum Gasteiger partial charge on any atom is 0.333 e. The lowest BCUT2D eigenvalue weighted by Crippen LogP contribution is -2.43. The normalized spacial score (nSPS) is 40.2. The molecular weight excluding hydrogens is 1050 g/mol. The number of carbonyl (C=O) groups excluding carboxylic acids is 6. The molecule has 10 rings (SSSR count). The molecule has 5 saturated heterocycles. The standard InChI is InChI=1S/C15H20O5.C12H16O4.C12H18O4.C12H20O3.C10H16O4/c1-7(2)14(17)18-12-9-5-10-11(6-9)15(4,19-8(3)16)20-13(10)12;1-5(2)11(13)15-9-6-3-7-8(4-6)12(14)16-10(7)9;1-7(2)11(13)15-10-8-5-4-6-9(8)16-12(10,3)14;1-8(2)9(13)15-10-11(3,4)7-14-12(10,5)6;1-7(2)8(11)14-9(3)5-10(4,12)13-6-9/h9-13H,1,5-6H2,2-4H3;6-10,12,14H,1,3-4H2,2H3;8-10,14H,1,4-6H2,2-3H3;10H,1,7H2,2-6H3;12H,1,5-6H2,2-4H3. The molecule has 0 amide bonds. The second-order valence-corrected chi connectivity index (χ2v) is 26.2. The van der Waals surface area contributed by atoms with E-state index >= 15 is 0 Å². The van der Waals surface area contributed by atoms with Crippen LogP contribution in [-0.2, 0) is 80.9 Å². The van der Waals surface area contributed by atoms with Crippen molar-refractivity contribution in [2.24, 2.45) is 46.8 Å². The molecule has 5 saturated carbocycles. The van der Waals surface area contributed by atoms with Crippen LogP contribution in [0.1, 0.15) is 148 Å².